The van der Waals surface area contributed by atoms with Crippen molar-refractivity contribution in [1.29, 1.82) is 0 Å². The molecule has 26 heavy (non-hydrogen) atoms. The Bertz CT molecular complexity index is 833. The van der Waals surface area contributed by atoms with E-state index in [9.17, 15) is 13.2 Å². The Hall–Kier alpha value is -2.10. The number of ether oxygens (including phenoxy) is 2. The van der Waals surface area contributed by atoms with Gasteiger partial charge in [0.1, 0.15) is 18.1 Å². The molecule has 0 unspecified atom stereocenters. The molecular formula is C17H22N2O5S2. The lowest BCUT2D eigenvalue weighted by Gasteiger charge is -2.08. The van der Waals surface area contributed by atoms with E-state index in [0.717, 1.165) is 11.1 Å². The number of thiophene rings is 1. The normalized spacial score (nSPS) is 11.2. The molecule has 9 heteroatoms. The van der Waals surface area contributed by atoms with Crippen LogP contribution < -0.4 is 19.5 Å². The zero-order chi connectivity index (χ0) is 19.0. The van der Waals surface area contributed by atoms with Gasteiger partial charge in [-0.1, -0.05) is 6.07 Å². The van der Waals surface area contributed by atoms with Gasteiger partial charge >= 0.3 is 0 Å². The van der Waals surface area contributed by atoms with Crippen molar-refractivity contribution < 1.29 is 22.7 Å². The molecule has 0 saturated carbocycles. The molecule has 2 aromatic rings. The summed E-state index contributed by atoms with van der Waals surface area (Å²) in [5.41, 5.74) is 0. The zero-order valence-corrected chi connectivity index (χ0v) is 16.3. The number of rotatable bonds is 10. The van der Waals surface area contributed by atoms with Gasteiger partial charge in [-0.05, 0) is 30.7 Å². The maximum Gasteiger partial charge on any atom is 0.261 e. The van der Waals surface area contributed by atoms with Crippen LogP contribution in [0.1, 0.15) is 14.5 Å². The summed E-state index contributed by atoms with van der Waals surface area (Å²) in [4.78, 5) is 13.6. The van der Waals surface area contributed by atoms with Crippen LogP contribution in [-0.4, -0.2) is 47.4 Å². The Balaban J connectivity index is 1.72. The maximum atomic E-state index is 12.1. The van der Waals surface area contributed by atoms with Crippen LogP contribution in [-0.2, 0) is 16.4 Å². The molecule has 0 bridgehead atoms. The molecule has 2 rings (SSSR count). The molecule has 1 aromatic heterocycles. The fraction of sp³-hybridized carbons (Fsp3) is 0.353. The van der Waals surface area contributed by atoms with E-state index in [0.29, 0.717) is 42.5 Å². The molecule has 0 spiro atoms. The van der Waals surface area contributed by atoms with Gasteiger partial charge in [0.25, 0.3) is 5.91 Å². The predicted octanol–water partition coefficient (Wildman–Crippen LogP) is 1.66. The number of methoxy groups -OCH3 is 1. The van der Waals surface area contributed by atoms with Gasteiger partial charge in [-0.25, -0.2) is 13.1 Å². The molecule has 0 aliphatic heterocycles. The third kappa shape index (κ3) is 7.03. The monoisotopic (exact) mass is 398 g/mol. The molecule has 0 radical (unpaired) electrons. The van der Waals surface area contributed by atoms with Gasteiger partial charge in [-0.2, -0.15) is 0 Å². The number of carbonyl (C=O) groups excluding carboxylic acids is 1. The van der Waals surface area contributed by atoms with Crippen molar-refractivity contribution >= 4 is 27.3 Å². The van der Waals surface area contributed by atoms with Crippen molar-refractivity contribution in [3.8, 4) is 11.5 Å². The second-order valence-corrected chi connectivity index (χ2v) is 8.47. The van der Waals surface area contributed by atoms with Crippen molar-refractivity contribution in [2.45, 2.75) is 6.42 Å². The summed E-state index contributed by atoms with van der Waals surface area (Å²) in [7, 11) is -1.60. The van der Waals surface area contributed by atoms with Crippen LogP contribution >= 0.6 is 11.3 Å². The molecule has 142 valence electrons. The quantitative estimate of drug-likeness (QED) is 0.594. The first-order chi connectivity index (χ1) is 12.4. The van der Waals surface area contributed by atoms with Gasteiger partial charge in [0, 0.05) is 17.5 Å². The van der Waals surface area contributed by atoms with Gasteiger partial charge in [-0.3, -0.25) is 4.79 Å². The maximum absolute atomic E-state index is 12.1. The number of hydrogen-bond donors (Lipinski definition) is 2. The zero-order valence-electron chi connectivity index (χ0n) is 14.7. The van der Waals surface area contributed by atoms with Crippen LogP contribution in [0.3, 0.4) is 0 Å². The van der Waals surface area contributed by atoms with Crippen molar-refractivity contribution in [3.05, 3.63) is 46.2 Å². The summed E-state index contributed by atoms with van der Waals surface area (Å²) in [6.07, 6.45) is 1.66. The lowest BCUT2D eigenvalue weighted by molar-refractivity contribution is 0.0951. The number of benzene rings is 1. The highest BCUT2D eigenvalue weighted by Crippen LogP contribution is 2.19. The molecule has 0 aliphatic rings. The van der Waals surface area contributed by atoms with E-state index < -0.39 is 10.0 Å². The van der Waals surface area contributed by atoms with E-state index in [1.165, 1.54) is 11.3 Å². The number of sulfonamides is 1. The van der Waals surface area contributed by atoms with Gasteiger partial charge in [0.15, 0.2) is 0 Å². The van der Waals surface area contributed by atoms with Crippen molar-refractivity contribution in [2.24, 2.45) is 0 Å². The average Bonchev–Trinajstić information content (AvgIpc) is 3.06. The van der Waals surface area contributed by atoms with Gasteiger partial charge in [0.05, 0.1) is 24.8 Å². The van der Waals surface area contributed by atoms with Crippen molar-refractivity contribution in [3.63, 3.8) is 0 Å². The average molecular weight is 399 g/mol. The summed E-state index contributed by atoms with van der Waals surface area (Å²) >= 11 is 1.35. The first-order valence-corrected chi connectivity index (χ1v) is 10.7. The van der Waals surface area contributed by atoms with Crippen LogP contribution in [0.2, 0.25) is 0 Å². The third-order valence-electron chi connectivity index (χ3n) is 3.32. The van der Waals surface area contributed by atoms with E-state index >= 15 is 0 Å². The third-order valence-corrected chi connectivity index (χ3v) is 5.19. The molecule has 0 atom stereocenters. The standard InChI is InChI=1S/C17H22N2O5S2/c1-23-13-4-3-5-14(12-13)24-11-10-18-17(20)16-7-6-15(25-16)8-9-19-26(2,21)22/h3-7,12,19H,8-11H2,1-2H3,(H,18,20). The summed E-state index contributed by atoms with van der Waals surface area (Å²) in [6.45, 7) is 1.03. The highest BCUT2D eigenvalue weighted by Gasteiger charge is 2.09. The smallest absolute Gasteiger partial charge is 0.261 e. The van der Waals surface area contributed by atoms with Gasteiger partial charge in [0.2, 0.25) is 10.0 Å². The minimum absolute atomic E-state index is 0.174. The summed E-state index contributed by atoms with van der Waals surface area (Å²) in [6, 6.07) is 10.8. The Morgan fingerprint density at radius 1 is 1.15 bits per heavy atom. The first-order valence-electron chi connectivity index (χ1n) is 7.96. The minimum atomic E-state index is -3.19. The SMILES string of the molecule is COc1cccc(OCCNC(=O)c2ccc(CCNS(C)(=O)=O)s2)c1. The van der Waals surface area contributed by atoms with Crippen molar-refractivity contribution in [1.82, 2.24) is 10.0 Å². The summed E-state index contributed by atoms with van der Waals surface area (Å²) in [5.74, 6) is 1.21. The fourth-order valence-corrected chi connectivity index (χ4v) is 3.50. The second-order valence-electron chi connectivity index (χ2n) is 5.47. The molecule has 1 aromatic carbocycles. The van der Waals surface area contributed by atoms with Crippen LogP contribution in [0, 0.1) is 0 Å². The van der Waals surface area contributed by atoms with E-state index in [2.05, 4.69) is 10.0 Å². The highest BCUT2D eigenvalue weighted by molar-refractivity contribution is 7.88. The molecule has 0 fully saturated rings. The lowest BCUT2D eigenvalue weighted by atomic mass is 10.3. The Labute approximate surface area is 157 Å². The fourth-order valence-electron chi connectivity index (χ4n) is 2.11. The molecule has 1 heterocycles. The Morgan fingerprint density at radius 3 is 2.65 bits per heavy atom. The van der Waals surface area contributed by atoms with E-state index in [-0.39, 0.29) is 5.91 Å². The molecule has 1 amide bonds. The number of carbonyl (C=O) groups is 1. The molecule has 2 N–H and O–H groups in total. The molecular weight excluding hydrogens is 376 g/mol. The predicted molar refractivity (Wildman–Crippen MR) is 102 cm³/mol. The highest BCUT2D eigenvalue weighted by atomic mass is 32.2. The van der Waals surface area contributed by atoms with Gasteiger partial charge < -0.3 is 14.8 Å². The minimum Gasteiger partial charge on any atom is -0.497 e. The Morgan fingerprint density at radius 2 is 1.92 bits per heavy atom. The number of amides is 1. The van der Waals surface area contributed by atoms with Gasteiger partial charge in [-0.15, -0.1) is 11.3 Å². The second kappa shape index (κ2) is 9.56. The van der Waals surface area contributed by atoms with Crippen LogP contribution in [0.5, 0.6) is 11.5 Å². The number of nitrogens with one attached hydrogen (secondary N) is 2. The van der Waals surface area contributed by atoms with E-state index in [1.54, 1.807) is 19.2 Å². The molecule has 0 aliphatic carbocycles. The molecule has 7 nitrogen and oxygen atoms in total. The lowest BCUT2D eigenvalue weighted by Crippen LogP contribution is -2.27. The topological polar surface area (TPSA) is 93.7 Å². The first kappa shape index (κ1) is 20.2. The van der Waals surface area contributed by atoms with E-state index in [4.69, 9.17) is 9.47 Å². The number of hydrogen-bond acceptors (Lipinski definition) is 6. The van der Waals surface area contributed by atoms with Crippen LogP contribution in [0.15, 0.2) is 36.4 Å². The molecule has 0 saturated heterocycles. The largest absolute Gasteiger partial charge is 0.497 e. The Kier molecular flexibility index (Phi) is 7.43. The summed E-state index contributed by atoms with van der Waals surface area (Å²) in [5, 5.41) is 2.80. The van der Waals surface area contributed by atoms with Crippen LogP contribution in [0.4, 0.5) is 0 Å². The van der Waals surface area contributed by atoms with E-state index in [1.807, 2.05) is 24.3 Å². The van der Waals surface area contributed by atoms with Crippen LogP contribution in [0.25, 0.3) is 0 Å². The summed E-state index contributed by atoms with van der Waals surface area (Å²) < 4.78 is 35.2. The van der Waals surface area contributed by atoms with Crippen molar-refractivity contribution in [2.75, 3.05) is 33.1 Å².